The molecule has 0 aromatic carbocycles. The third-order valence-corrected chi connectivity index (χ3v) is 2.29. The van der Waals surface area contributed by atoms with E-state index in [1.54, 1.807) is 0 Å². The average molecular weight is 188 g/mol. The van der Waals surface area contributed by atoms with Crippen molar-refractivity contribution in [2.45, 2.75) is 4.90 Å². The van der Waals surface area contributed by atoms with Crippen LogP contribution >= 0.6 is 0 Å². The molecule has 0 atom stereocenters. The van der Waals surface area contributed by atoms with Crippen LogP contribution in [0.5, 0.6) is 0 Å². The Bertz CT molecular complexity index is 446. The molecule has 0 saturated heterocycles. The van der Waals surface area contributed by atoms with E-state index < -0.39 is 10.0 Å². The lowest BCUT2D eigenvalue weighted by Crippen LogP contribution is -2.19. The van der Waals surface area contributed by atoms with Crippen LogP contribution in [-0.2, 0) is 17.1 Å². The van der Waals surface area contributed by atoms with E-state index in [4.69, 9.17) is 5.14 Å². The van der Waals surface area contributed by atoms with E-state index in [2.05, 4.69) is 0 Å². The fourth-order valence-electron chi connectivity index (χ4n) is 0.737. The molecule has 0 aliphatic rings. The predicted octanol–water partition coefficient (Wildman–Crippen LogP) is -0.967. The number of hydrogen-bond acceptors (Lipinski definition) is 3. The smallest absolute Gasteiger partial charge is 0.250 e. The van der Waals surface area contributed by atoms with Gasteiger partial charge in [-0.25, -0.2) is 13.6 Å². The van der Waals surface area contributed by atoms with E-state index in [-0.39, 0.29) is 10.5 Å². The summed E-state index contributed by atoms with van der Waals surface area (Å²) in [7, 11) is -2.25. The Morgan fingerprint density at radius 2 is 2.00 bits per heavy atom. The molecule has 0 saturated carbocycles. The quantitative estimate of drug-likeness (QED) is 0.615. The summed E-state index contributed by atoms with van der Waals surface area (Å²) in [5.74, 6) is 0. The van der Waals surface area contributed by atoms with Gasteiger partial charge in [0.1, 0.15) is 0 Å². The zero-order chi connectivity index (χ0) is 9.35. The number of sulfonamides is 1. The SMILES string of the molecule is Cn1cc(S(N)(=O)=O)ccc1=O. The second kappa shape index (κ2) is 2.72. The summed E-state index contributed by atoms with van der Waals surface area (Å²) in [6.07, 6.45) is 1.18. The molecule has 1 aromatic rings. The van der Waals surface area contributed by atoms with Crippen molar-refractivity contribution in [1.82, 2.24) is 4.57 Å². The molecule has 12 heavy (non-hydrogen) atoms. The Morgan fingerprint density at radius 1 is 1.42 bits per heavy atom. The highest BCUT2D eigenvalue weighted by Crippen LogP contribution is 2.00. The van der Waals surface area contributed by atoms with Crippen LogP contribution in [0.3, 0.4) is 0 Å². The number of aryl methyl sites for hydroxylation is 1. The van der Waals surface area contributed by atoms with Gasteiger partial charge in [-0.2, -0.15) is 0 Å². The van der Waals surface area contributed by atoms with Gasteiger partial charge >= 0.3 is 0 Å². The van der Waals surface area contributed by atoms with Crippen molar-refractivity contribution in [3.63, 3.8) is 0 Å². The predicted molar refractivity (Wildman–Crippen MR) is 43.1 cm³/mol. The summed E-state index contributed by atoms with van der Waals surface area (Å²) in [5.41, 5.74) is -0.276. The molecule has 6 heteroatoms. The average Bonchev–Trinajstić information content (AvgIpc) is 1.92. The third-order valence-electron chi connectivity index (χ3n) is 1.39. The van der Waals surface area contributed by atoms with Crippen LogP contribution in [0.2, 0.25) is 0 Å². The minimum absolute atomic E-state index is 0.0652. The molecule has 0 unspecified atom stereocenters. The number of hydrogen-bond donors (Lipinski definition) is 1. The first-order valence-corrected chi connectivity index (χ1v) is 4.65. The molecular formula is C6H8N2O3S. The molecule has 0 bridgehead atoms. The van der Waals surface area contributed by atoms with Crippen molar-refractivity contribution < 1.29 is 8.42 Å². The van der Waals surface area contributed by atoms with Crippen LogP contribution < -0.4 is 10.7 Å². The Hall–Kier alpha value is -1.14. The Kier molecular flexibility index (Phi) is 2.03. The van der Waals surface area contributed by atoms with Crippen molar-refractivity contribution in [1.29, 1.82) is 0 Å². The lowest BCUT2D eigenvalue weighted by molar-refractivity contribution is 0.596. The number of nitrogens with two attached hydrogens (primary N) is 1. The summed E-state index contributed by atoms with van der Waals surface area (Å²) in [5, 5.41) is 4.83. The number of aromatic nitrogens is 1. The van der Waals surface area contributed by atoms with E-state index in [1.165, 1.54) is 19.3 Å². The van der Waals surface area contributed by atoms with Gasteiger partial charge in [0.25, 0.3) is 0 Å². The lowest BCUT2D eigenvalue weighted by Gasteiger charge is -1.99. The van der Waals surface area contributed by atoms with E-state index in [9.17, 15) is 13.2 Å². The normalized spacial score (nSPS) is 11.5. The van der Waals surface area contributed by atoms with Crippen molar-refractivity contribution in [3.05, 3.63) is 28.7 Å². The molecular weight excluding hydrogens is 180 g/mol. The van der Waals surface area contributed by atoms with Crippen LogP contribution in [0.15, 0.2) is 28.0 Å². The minimum Gasteiger partial charge on any atom is -0.317 e. The summed E-state index contributed by atoms with van der Waals surface area (Å²) >= 11 is 0. The second-order valence-corrected chi connectivity index (χ2v) is 3.92. The summed E-state index contributed by atoms with van der Waals surface area (Å²) in [4.78, 5) is 10.8. The summed E-state index contributed by atoms with van der Waals surface area (Å²) in [6.45, 7) is 0. The van der Waals surface area contributed by atoms with Crippen molar-refractivity contribution in [2.75, 3.05) is 0 Å². The number of nitrogens with zero attached hydrogens (tertiary/aromatic N) is 1. The molecule has 66 valence electrons. The highest BCUT2D eigenvalue weighted by molar-refractivity contribution is 7.89. The molecule has 1 heterocycles. The maximum absolute atomic E-state index is 10.8. The molecule has 0 radical (unpaired) electrons. The maximum Gasteiger partial charge on any atom is 0.250 e. The topological polar surface area (TPSA) is 82.2 Å². The molecule has 2 N–H and O–H groups in total. The Morgan fingerprint density at radius 3 is 2.42 bits per heavy atom. The molecule has 0 fully saturated rings. The molecule has 0 aliphatic carbocycles. The van der Waals surface area contributed by atoms with E-state index in [0.29, 0.717) is 0 Å². The number of pyridine rings is 1. The zero-order valence-electron chi connectivity index (χ0n) is 6.39. The summed E-state index contributed by atoms with van der Waals surface area (Å²) in [6, 6.07) is 2.33. The highest BCUT2D eigenvalue weighted by Gasteiger charge is 2.07. The minimum atomic E-state index is -3.70. The van der Waals surface area contributed by atoms with Crippen molar-refractivity contribution >= 4 is 10.0 Å². The van der Waals surface area contributed by atoms with Gasteiger partial charge in [0.2, 0.25) is 15.6 Å². The Labute approximate surface area is 69.5 Å². The van der Waals surface area contributed by atoms with Gasteiger partial charge in [-0.3, -0.25) is 4.79 Å². The van der Waals surface area contributed by atoms with E-state index in [0.717, 1.165) is 10.6 Å². The Balaban J connectivity index is 3.43. The third kappa shape index (κ3) is 1.72. The first-order valence-electron chi connectivity index (χ1n) is 3.11. The number of rotatable bonds is 1. The first kappa shape index (κ1) is 8.95. The van der Waals surface area contributed by atoms with Gasteiger partial charge in [0.15, 0.2) is 0 Å². The molecule has 1 rings (SSSR count). The van der Waals surface area contributed by atoms with Gasteiger partial charge < -0.3 is 4.57 Å². The largest absolute Gasteiger partial charge is 0.317 e. The van der Waals surface area contributed by atoms with Gasteiger partial charge in [-0.15, -0.1) is 0 Å². The monoisotopic (exact) mass is 188 g/mol. The molecule has 5 nitrogen and oxygen atoms in total. The highest BCUT2D eigenvalue weighted by atomic mass is 32.2. The van der Waals surface area contributed by atoms with Crippen molar-refractivity contribution in [2.24, 2.45) is 12.2 Å². The second-order valence-electron chi connectivity index (χ2n) is 2.36. The first-order chi connectivity index (χ1) is 5.41. The van der Waals surface area contributed by atoms with Crippen LogP contribution in [0, 0.1) is 0 Å². The summed E-state index contributed by atoms with van der Waals surface area (Å²) < 4.78 is 22.7. The number of primary sulfonamides is 1. The van der Waals surface area contributed by atoms with Gasteiger partial charge in [-0.05, 0) is 6.07 Å². The van der Waals surface area contributed by atoms with Crippen LogP contribution in [0.1, 0.15) is 0 Å². The van der Waals surface area contributed by atoms with Gasteiger partial charge in [0.05, 0.1) is 4.90 Å². The molecule has 0 aliphatic heterocycles. The molecule has 0 amide bonds. The molecule has 1 aromatic heterocycles. The molecule has 0 spiro atoms. The van der Waals surface area contributed by atoms with E-state index in [1.807, 2.05) is 0 Å². The standard InChI is InChI=1S/C6H8N2O3S/c1-8-4-5(12(7,10)11)2-3-6(8)9/h2-4H,1H3,(H2,7,10,11). The van der Waals surface area contributed by atoms with E-state index >= 15 is 0 Å². The van der Waals surface area contributed by atoms with Crippen molar-refractivity contribution in [3.8, 4) is 0 Å². The van der Waals surface area contributed by atoms with Crippen LogP contribution in [0.25, 0.3) is 0 Å². The zero-order valence-corrected chi connectivity index (χ0v) is 7.21. The maximum atomic E-state index is 10.8. The van der Waals surface area contributed by atoms with Crippen LogP contribution in [0.4, 0.5) is 0 Å². The van der Waals surface area contributed by atoms with Gasteiger partial charge in [0, 0.05) is 19.3 Å². The van der Waals surface area contributed by atoms with Crippen LogP contribution in [-0.4, -0.2) is 13.0 Å². The fourth-order valence-corrected chi connectivity index (χ4v) is 1.30. The van der Waals surface area contributed by atoms with Gasteiger partial charge in [-0.1, -0.05) is 0 Å². The lowest BCUT2D eigenvalue weighted by atomic mass is 10.5. The fraction of sp³-hybridized carbons (Fsp3) is 0.167.